The van der Waals surface area contributed by atoms with Crippen LogP contribution in [-0.2, 0) is 0 Å². The Morgan fingerprint density at radius 3 is 2.19 bits per heavy atom. The van der Waals surface area contributed by atoms with Crippen molar-refractivity contribution >= 4 is 0 Å². The van der Waals surface area contributed by atoms with Gasteiger partial charge in [-0.1, -0.05) is 56.0 Å². The number of fused-ring (bicyclic) bond motifs is 4. The van der Waals surface area contributed by atoms with E-state index in [0.29, 0.717) is 12.1 Å². The lowest BCUT2D eigenvalue weighted by Gasteiger charge is -2.51. The van der Waals surface area contributed by atoms with Crippen molar-refractivity contribution in [2.75, 3.05) is 0 Å². The Kier molecular flexibility index (Phi) is 4.09. The van der Waals surface area contributed by atoms with Crippen molar-refractivity contribution in [3.63, 3.8) is 0 Å². The van der Waals surface area contributed by atoms with Gasteiger partial charge in [-0.25, -0.2) is 0 Å². The van der Waals surface area contributed by atoms with Gasteiger partial charge in [0.1, 0.15) is 0 Å². The molecular weight excluding hydrogens is 334 g/mol. The smallest absolute Gasteiger partial charge is 0.0860 e. The summed E-state index contributed by atoms with van der Waals surface area (Å²) in [5.74, 6) is 3.63. The molecule has 5 fully saturated rings. The lowest BCUT2D eigenvalue weighted by Crippen LogP contribution is -2.80. The molecule has 146 valence electrons. The SMILES string of the molecule is NC1NC(c2ccccc2)NC2NC3C4CCCC5CCCC(C3NC12)C54. The molecule has 6 N–H and O–H groups in total. The Morgan fingerprint density at radius 1 is 0.741 bits per heavy atom. The first-order chi connectivity index (χ1) is 13.3. The second-order valence-corrected chi connectivity index (χ2v) is 9.62. The van der Waals surface area contributed by atoms with Crippen molar-refractivity contribution in [1.82, 2.24) is 21.3 Å². The average molecular weight is 368 g/mol. The maximum absolute atomic E-state index is 6.62. The third-order valence-electron chi connectivity index (χ3n) is 8.41. The zero-order chi connectivity index (χ0) is 18.0. The summed E-state index contributed by atoms with van der Waals surface area (Å²) in [4.78, 5) is 0. The molecule has 0 spiro atoms. The fourth-order valence-electron chi connectivity index (χ4n) is 7.44. The van der Waals surface area contributed by atoms with E-state index in [0.717, 1.165) is 23.7 Å². The molecule has 3 saturated carbocycles. The molecule has 3 aliphatic carbocycles. The highest BCUT2D eigenvalue weighted by molar-refractivity contribution is 5.22. The van der Waals surface area contributed by atoms with Gasteiger partial charge in [0.25, 0.3) is 0 Å². The minimum absolute atomic E-state index is 0.0445. The van der Waals surface area contributed by atoms with E-state index < -0.39 is 0 Å². The first-order valence-electron chi connectivity index (χ1n) is 11.1. The molecule has 6 rings (SSSR count). The fourth-order valence-corrected chi connectivity index (χ4v) is 7.44. The lowest BCUT2D eigenvalue weighted by atomic mass is 9.64. The van der Waals surface area contributed by atoms with Crippen molar-refractivity contribution in [2.24, 2.45) is 29.4 Å². The van der Waals surface area contributed by atoms with Gasteiger partial charge in [0, 0.05) is 12.1 Å². The van der Waals surface area contributed by atoms with E-state index in [1.165, 1.54) is 44.1 Å². The lowest BCUT2D eigenvalue weighted by molar-refractivity contribution is 0.0851. The summed E-state index contributed by atoms with van der Waals surface area (Å²) in [6, 6.07) is 12.1. The van der Waals surface area contributed by atoms with E-state index >= 15 is 0 Å². The summed E-state index contributed by atoms with van der Waals surface area (Å²) in [6.45, 7) is 0. The highest BCUT2D eigenvalue weighted by atomic mass is 15.4. The third kappa shape index (κ3) is 2.63. The van der Waals surface area contributed by atoms with Gasteiger partial charge in [0.05, 0.1) is 24.5 Å². The molecule has 5 aliphatic rings. The van der Waals surface area contributed by atoms with Crippen LogP contribution < -0.4 is 27.0 Å². The number of hydrogen-bond donors (Lipinski definition) is 5. The van der Waals surface area contributed by atoms with E-state index in [-0.39, 0.29) is 24.5 Å². The molecule has 27 heavy (non-hydrogen) atoms. The molecule has 2 aliphatic heterocycles. The standard InChI is InChI=1S/C22H33N5/c23-20-19-22(27-21(26-20)13-6-2-1-3-7-13)25-18-15-11-5-9-12-8-4-10-14(16(12)15)17(18)24-19/h1-3,6-7,12,14-22,24-27H,4-5,8-11,23H2. The van der Waals surface area contributed by atoms with E-state index in [9.17, 15) is 0 Å². The van der Waals surface area contributed by atoms with Gasteiger partial charge in [-0.2, -0.15) is 0 Å². The van der Waals surface area contributed by atoms with Gasteiger partial charge in [-0.05, 0) is 42.1 Å². The molecule has 2 saturated heterocycles. The van der Waals surface area contributed by atoms with Gasteiger partial charge in [0.15, 0.2) is 0 Å². The van der Waals surface area contributed by atoms with Crippen molar-refractivity contribution in [3.05, 3.63) is 35.9 Å². The molecule has 5 heteroatoms. The molecule has 0 aromatic heterocycles. The van der Waals surface area contributed by atoms with Crippen LogP contribution in [0.25, 0.3) is 0 Å². The quantitative estimate of drug-likeness (QED) is 0.522. The zero-order valence-electron chi connectivity index (χ0n) is 16.0. The Morgan fingerprint density at radius 2 is 1.44 bits per heavy atom. The molecule has 10 unspecified atom stereocenters. The first-order valence-corrected chi connectivity index (χ1v) is 11.1. The molecule has 2 heterocycles. The number of nitrogens with two attached hydrogens (primary N) is 1. The van der Waals surface area contributed by atoms with Crippen LogP contribution in [-0.4, -0.2) is 30.5 Å². The Hall–Kier alpha value is -0.980. The Balaban J connectivity index is 1.27. The van der Waals surface area contributed by atoms with E-state index in [1.807, 2.05) is 0 Å². The van der Waals surface area contributed by atoms with Crippen molar-refractivity contribution in [2.45, 2.75) is 75.1 Å². The van der Waals surface area contributed by atoms with Crippen LogP contribution in [0, 0.1) is 23.7 Å². The number of piperazine rings is 1. The van der Waals surface area contributed by atoms with Crippen molar-refractivity contribution in [3.8, 4) is 0 Å². The second-order valence-electron chi connectivity index (χ2n) is 9.62. The molecule has 1 aromatic carbocycles. The topological polar surface area (TPSA) is 74.1 Å². The number of rotatable bonds is 1. The average Bonchev–Trinajstić information content (AvgIpc) is 3.03. The second kappa shape index (κ2) is 6.53. The van der Waals surface area contributed by atoms with Gasteiger partial charge in [-0.3, -0.25) is 16.0 Å². The summed E-state index contributed by atoms with van der Waals surface area (Å²) >= 11 is 0. The van der Waals surface area contributed by atoms with Gasteiger partial charge in [0.2, 0.25) is 0 Å². The maximum atomic E-state index is 6.62. The van der Waals surface area contributed by atoms with E-state index in [2.05, 4.69) is 51.6 Å². The number of hydrogen-bond acceptors (Lipinski definition) is 5. The van der Waals surface area contributed by atoms with Gasteiger partial charge >= 0.3 is 0 Å². The number of benzene rings is 1. The maximum Gasteiger partial charge on any atom is 0.0860 e. The van der Waals surface area contributed by atoms with Crippen LogP contribution in [0.3, 0.4) is 0 Å². The predicted octanol–water partition coefficient (Wildman–Crippen LogP) is 1.63. The van der Waals surface area contributed by atoms with Crippen LogP contribution >= 0.6 is 0 Å². The highest BCUT2D eigenvalue weighted by Crippen LogP contribution is 2.55. The Bertz CT molecular complexity index is 679. The fraction of sp³-hybridized carbons (Fsp3) is 0.727. The van der Waals surface area contributed by atoms with Crippen LogP contribution in [0.15, 0.2) is 30.3 Å². The molecular formula is C22H33N5. The Labute approximate surface area is 162 Å². The summed E-state index contributed by atoms with van der Waals surface area (Å²) in [5.41, 5.74) is 7.88. The summed E-state index contributed by atoms with van der Waals surface area (Å²) in [7, 11) is 0. The van der Waals surface area contributed by atoms with Crippen LogP contribution in [0.5, 0.6) is 0 Å². The first kappa shape index (κ1) is 16.9. The normalized spacial score (nSPS) is 51.1. The monoisotopic (exact) mass is 367 g/mol. The molecule has 0 amide bonds. The molecule has 10 atom stereocenters. The molecule has 0 radical (unpaired) electrons. The van der Waals surface area contributed by atoms with E-state index in [1.54, 1.807) is 0 Å². The highest BCUT2D eigenvalue weighted by Gasteiger charge is 2.58. The van der Waals surface area contributed by atoms with Crippen LogP contribution in [0.2, 0.25) is 0 Å². The van der Waals surface area contributed by atoms with Crippen LogP contribution in [0.4, 0.5) is 0 Å². The molecule has 0 bridgehead atoms. The largest absolute Gasteiger partial charge is 0.314 e. The molecule has 1 aromatic rings. The summed E-state index contributed by atoms with van der Waals surface area (Å²) in [6.07, 6.45) is 8.92. The summed E-state index contributed by atoms with van der Waals surface area (Å²) in [5, 5.41) is 15.5. The summed E-state index contributed by atoms with van der Waals surface area (Å²) < 4.78 is 0. The zero-order valence-corrected chi connectivity index (χ0v) is 16.0. The van der Waals surface area contributed by atoms with Crippen LogP contribution in [0.1, 0.15) is 50.3 Å². The van der Waals surface area contributed by atoms with Gasteiger partial charge in [-0.15, -0.1) is 0 Å². The molecule has 5 nitrogen and oxygen atoms in total. The van der Waals surface area contributed by atoms with E-state index in [4.69, 9.17) is 5.73 Å². The van der Waals surface area contributed by atoms with Crippen molar-refractivity contribution in [1.29, 1.82) is 0 Å². The van der Waals surface area contributed by atoms with Gasteiger partial charge < -0.3 is 11.1 Å². The minimum Gasteiger partial charge on any atom is -0.314 e. The minimum atomic E-state index is -0.0445. The predicted molar refractivity (Wildman–Crippen MR) is 107 cm³/mol. The number of nitrogens with one attached hydrogen (secondary N) is 4. The third-order valence-corrected chi connectivity index (χ3v) is 8.41. The van der Waals surface area contributed by atoms with Crippen molar-refractivity contribution < 1.29 is 0 Å².